The highest BCUT2D eigenvalue weighted by Gasteiger charge is 2.31. The van der Waals surface area contributed by atoms with E-state index in [0.717, 1.165) is 43.7 Å². The Morgan fingerprint density at radius 1 is 1.00 bits per heavy atom. The normalized spacial score (nSPS) is 18.8. The average Bonchev–Trinajstić information content (AvgIpc) is 3.43. The molecule has 2 heterocycles. The highest BCUT2D eigenvalue weighted by atomic mass is 35.5. The Kier molecular flexibility index (Phi) is 10.2. The SMILES string of the molecule is CC[C@H](COc1cc(Cl)ccc1C1CCN(C(=O)[C@@H](Cc2ccc(Cl)cc2)N(C)C)CC1)N1CCCC1. The van der Waals surface area contributed by atoms with Gasteiger partial charge in [0, 0.05) is 29.2 Å². The first-order valence-corrected chi connectivity index (χ1v) is 14.5. The molecule has 5 nitrogen and oxygen atoms in total. The lowest BCUT2D eigenvalue weighted by molar-refractivity contribution is -0.137. The predicted molar refractivity (Wildman–Crippen MR) is 153 cm³/mol. The smallest absolute Gasteiger partial charge is 0.240 e. The Bertz CT molecular complexity index is 1020. The van der Waals surface area contributed by atoms with Crippen LogP contribution in [0.25, 0.3) is 0 Å². The fourth-order valence-electron chi connectivity index (χ4n) is 5.70. The summed E-state index contributed by atoms with van der Waals surface area (Å²) in [5, 5.41) is 1.42. The Morgan fingerprint density at radius 3 is 2.27 bits per heavy atom. The number of amides is 1. The van der Waals surface area contributed by atoms with Gasteiger partial charge in [0.05, 0.1) is 6.04 Å². The molecule has 0 aliphatic carbocycles. The van der Waals surface area contributed by atoms with Crippen molar-refractivity contribution in [1.29, 1.82) is 0 Å². The monoisotopic (exact) mass is 545 g/mol. The fraction of sp³-hybridized carbons (Fsp3) is 0.567. The molecule has 37 heavy (non-hydrogen) atoms. The van der Waals surface area contributed by atoms with Crippen LogP contribution >= 0.6 is 23.2 Å². The quantitative estimate of drug-likeness (QED) is 0.360. The van der Waals surface area contributed by atoms with E-state index >= 15 is 0 Å². The van der Waals surface area contributed by atoms with Gasteiger partial charge in [0.1, 0.15) is 12.4 Å². The van der Waals surface area contributed by atoms with Crippen molar-refractivity contribution in [3.05, 3.63) is 63.6 Å². The number of benzene rings is 2. The number of hydrogen-bond acceptors (Lipinski definition) is 4. The van der Waals surface area contributed by atoms with Gasteiger partial charge in [-0.25, -0.2) is 0 Å². The second-order valence-corrected chi connectivity index (χ2v) is 11.6. The van der Waals surface area contributed by atoms with Crippen LogP contribution in [-0.4, -0.2) is 79.6 Å². The van der Waals surface area contributed by atoms with Crippen LogP contribution in [-0.2, 0) is 11.2 Å². The van der Waals surface area contributed by atoms with Crippen LogP contribution in [0.4, 0.5) is 0 Å². The first-order chi connectivity index (χ1) is 17.9. The lowest BCUT2D eigenvalue weighted by Gasteiger charge is -2.36. The topological polar surface area (TPSA) is 36.0 Å². The largest absolute Gasteiger partial charge is 0.492 e. The van der Waals surface area contributed by atoms with Gasteiger partial charge < -0.3 is 9.64 Å². The van der Waals surface area contributed by atoms with Gasteiger partial charge >= 0.3 is 0 Å². The minimum absolute atomic E-state index is 0.191. The number of rotatable bonds is 10. The van der Waals surface area contributed by atoms with Crippen LogP contribution in [0, 0.1) is 0 Å². The molecule has 2 atom stereocenters. The molecule has 2 aromatic carbocycles. The van der Waals surface area contributed by atoms with Crippen molar-refractivity contribution >= 4 is 29.1 Å². The number of likely N-dealkylation sites (N-methyl/N-ethyl adjacent to an activating group) is 1. The van der Waals surface area contributed by atoms with Crippen molar-refractivity contribution < 1.29 is 9.53 Å². The zero-order valence-electron chi connectivity index (χ0n) is 22.5. The van der Waals surface area contributed by atoms with E-state index in [1.54, 1.807) is 0 Å². The summed E-state index contributed by atoms with van der Waals surface area (Å²) in [6.45, 7) is 6.78. The molecule has 0 bridgehead atoms. The molecule has 2 aliphatic rings. The van der Waals surface area contributed by atoms with Crippen LogP contribution in [0.15, 0.2) is 42.5 Å². The number of hydrogen-bond donors (Lipinski definition) is 0. The number of halogens is 2. The molecular formula is C30H41Cl2N3O2. The third-order valence-electron chi connectivity index (χ3n) is 8.03. The van der Waals surface area contributed by atoms with Gasteiger partial charge in [-0.2, -0.15) is 0 Å². The summed E-state index contributed by atoms with van der Waals surface area (Å²) in [6, 6.07) is 14.1. The lowest BCUT2D eigenvalue weighted by atomic mass is 9.88. The van der Waals surface area contributed by atoms with Crippen molar-refractivity contribution in [2.45, 2.75) is 63.5 Å². The summed E-state index contributed by atoms with van der Waals surface area (Å²) in [5.74, 6) is 1.46. The Morgan fingerprint density at radius 2 is 1.65 bits per heavy atom. The van der Waals surface area contributed by atoms with Gasteiger partial charge in [0.2, 0.25) is 5.91 Å². The van der Waals surface area contributed by atoms with Crippen LogP contribution in [0.3, 0.4) is 0 Å². The molecule has 1 amide bonds. The number of ether oxygens (including phenoxy) is 1. The minimum atomic E-state index is -0.191. The maximum absolute atomic E-state index is 13.5. The van der Waals surface area contributed by atoms with E-state index in [-0.39, 0.29) is 11.9 Å². The fourth-order valence-corrected chi connectivity index (χ4v) is 5.99. The Hall–Kier alpha value is -1.79. The van der Waals surface area contributed by atoms with E-state index in [1.807, 2.05) is 60.3 Å². The highest BCUT2D eigenvalue weighted by molar-refractivity contribution is 6.30. The summed E-state index contributed by atoms with van der Waals surface area (Å²) in [4.78, 5) is 20.1. The van der Waals surface area contributed by atoms with Gasteiger partial charge in [-0.3, -0.25) is 14.6 Å². The molecule has 0 unspecified atom stereocenters. The van der Waals surface area contributed by atoms with E-state index in [9.17, 15) is 4.79 Å². The number of piperidine rings is 1. The molecule has 2 fully saturated rings. The van der Waals surface area contributed by atoms with Crippen LogP contribution in [0.2, 0.25) is 10.0 Å². The van der Waals surface area contributed by atoms with Crippen LogP contribution in [0.5, 0.6) is 5.75 Å². The molecular weight excluding hydrogens is 505 g/mol. The van der Waals surface area contributed by atoms with Gasteiger partial charge in [-0.1, -0.05) is 48.3 Å². The van der Waals surface area contributed by atoms with E-state index in [0.29, 0.717) is 35.0 Å². The molecule has 202 valence electrons. The maximum atomic E-state index is 13.5. The summed E-state index contributed by atoms with van der Waals surface area (Å²) in [6.07, 6.45) is 6.17. The number of nitrogens with zero attached hydrogens (tertiary/aromatic N) is 3. The number of carbonyl (C=O) groups is 1. The predicted octanol–water partition coefficient (Wildman–Crippen LogP) is 6.13. The van der Waals surface area contributed by atoms with Gasteiger partial charge in [0.25, 0.3) is 0 Å². The van der Waals surface area contributed by atoms with E-state index < -0.39 is 0 Å². The van der Waals surface area contributed by atoms with Crippen LogP contribution in [0.1, 0.15) is 56.1 Å². The molecule has 0 spiro atoms. The van der Waals surface area contributed by atoms with Crippen molar-refractivity contribution in [2.24, 2.45) is 0 Å². The molecule has 0 aromatic heterocycles. The summed E-state index contributed by atoms with van der Waals surface area (Å²) in [5.41, 5.74) is 2.34. The number of likely N-dealkylation sites (tertiary alicyclic amines) is 2. The molecule has 2 aromatic rings. The molecule has 0 radical (unpaired) electrons. The van der Waals surface area contributed by atoms with Crippen molar-refractivity contribution in [2.75, 3.05) is 46.9 Å². The van der Waals surface area contributed by atoms with Gasteiger partial charge in [-0.15, -0.1) is 0 Å². The molecule has 2 aliphatic heterocycles. The first kappa shape index (κ1) is 28.2. The Labute approximate surface area is 232 Å². The molecule has 4 rings (SSSR count). The zero-order chi connectivity index (χ0) is 26.4. The van der Waals surface area contributed by atoms with Crippen molar-refractivity contribution in [3.63, 3.8) is 0 Å². The third kappa shape index (κ3) is 7.41. The van der Waals surface area contributed by atoms with Gasteiger partial charge in [0.15, 0.2) is 0 Å². The minimum Gasteiger partial charge on any atom is -0.492 e. The summed E-state index contributed by atoms with van der Waals surface area (Å²) in [7, 11) is 3.96. The molecule has 2 saturated heterocycles. The number of carbonyl (C=O) groups excluding carboxylic acids is 1. The molecule has 7 heteroatoms. The van der Waals surface area contributed by atoms with Crippen LogP contribution < -0.4 is 4.74 Å². The summed E-state index contributed by atoms with van der Waals surface area (Å²) >= 11 is 12.4. The third-order valence-corrected chi connectivity index (χ3v) is 8.52. The molecule has 0 N–H and O–H groups in total. The lowest BCUT2D eigenvalue weighted by Crippen LogP contribution is -2.49. The van der Waals surface area contributed by atoms with Crippen molar-refractivity contribution in [1.82, 2.24) is 14.7 Å². The van der Waals surface area contributed by atoms with E-state index in [4.69, 9.17) is 27.9 Å². The van der Waals surface area contributed by atoms with Gasteiger partial charge in [-0.05, 0) is 107 Å². The van der Waals surface area contributed by atoms with Crippen molar-refractivity contribution in [3.8, 4) is 5.75 Å². The molecule has 0 saturated carbocycles. The Balaban J connectivity index is 1.38. The average molecular weight is 547 g/mol. The highest BCUT2D eigenvalue weighted by Crippen LogP contribution is 2.36. The second-order valence-electron chi connectivity index (χ2n) is 10.7. The standard InChI is InChI=1S/C30H41Cl2N3O2/c1-4-26(34-15-5-6-16-34)21-37-29-20-25(32)11-12-27(29)23-13-17-35(18-14-23)30(36)28(33(2)3)19-22-7-9-24(31)10-8-22/h7-12,20,23,26,28H,4-6,13-19,21H2,1-3H3/t26-,28-/m1/s1. The first-order valence-electron chi connectivity index (χ1n) is 13.7. The second kappa shape index (κ2) is 13.3. The van der Waals surface area contributed by atoms with E-state index in [2.05, 4.69) is 17.9 Å². The maximum Gasteiger partial charge on any atom is 0.240 e. The summed E-state index contributed by atoms with van der Waals surface area (Å²) < 4.78 is 6.43. The zero-order valence-corrected chi connectivity index (χ0v) is 24.0. The van der Waals surface area contributed by atoms with E-state index in [1.165, 1.54) is 31.5 Å².